The van der Waals surface area contributed by atoms with E-state index in [1.807, 2.05) is 36.4 Å². The number of ether oxygens (including phenoxy) is 1. The fourth-order valence-corrected chi connectivity index (χ4v) is 2.59. The van der Waals surface area contributed by atoms with Crippen molar-refractivity contribution in [3.05, 3.63) is 89.4 Å². The number of halogens is 1. The Morgan fingerprint density at radius 3 is 2.30 bits per heavy atom. The molecule has 0 unspecified atom stereocenters. The van der Waals surface area contributed by atoms with Crippen LogP contribution in [0, 0.1) is 0 Å². The first-order chi connectivity index (χ1) is 13.1. The summed E-state index contributed by atoms with van der Waals surface area (Å²) < 4.78 is 5.80. The first-order valence-corrected chi connectivity index (χ1v) is 8.66. The molecule has 0 atom stereocenters. The van der Waals surface area contributed by atoms with Crippen LogP contribution in [0.15, 0.2) is 78.9 Å². The molecule has 0 aliphatic carbocycles. The second kappa shape index (κ2) is 8.87. The minimum absolute atomic E-state index is 0.191. The van der Waals surface area contributed by atoms with Crippen LogP contribution in [0.5, 0.6) is 11.5 Å². The van der Waals surface area contributed by atoms with E-state index in [2.05, 4.69) is 10.6 Å². The molecule has 0 saturated carbocycles. The third-order valence-corrected chi connectivity index (χ3v) is 3.99. The minimum atomic E-state index is -0.412. The zero-order valence-corrected chi connectivity index (χ0v) is 15.1. The summed E-state index contributed by atoms with van der Waals surface area (Å²) in [7, 11) is 0. The lowest BCUT2D eigenvalue weighted by Gasteiger charge is -2.12. The van der Waals surface area contributed by atoms with Gasteiger partial charge in [-0.3, -0.25) is 9.59 Å². The molecule has 0 heterocycles. The van der Waals surface area contributed by atoms with Crippen molar-refractivity contribution in [2.45, 2.75) is 0 Å². The van der Waals surface area contributed by atoms with Crippen molar-refractivity contribution in [3.63, 3.8) is 0 Å². The van der Waals surface area contributed by atoms with Crippen LogP contribution in [0.2, 0.25) is 5.02 Å². The number of rotatable bonds is 6. The number of benzene rings is 3. The van der Waals surface area contributed by atoms with Crippen LogP contribution < -0.4 is 15.4 Å². The SMILES string of the molecule is O=C(CNC(=O)c1ccccc1Cl)Nc1ccccc1Oc1ccccc1. The zero-order chi connectivity index (χ0) is 19.1. The van der Waals surface area contributed by atoms with Crippen molar-refractivity contribution in [1.29, 1.82) is 0 Å². The molecule has 3 aromatic rings. The summed E-state index contributed by atoms with van der Waals surface area (Å²) in [6, 6.07) is 23.0. The van der Waals surface area contributed by atoms with Crippen molar-refractivity contribution < 1.29 is 14.3 Å². The normalized spacial score (nSPS) is 10.1. The second-order valence-corrected chi connectivity index (χ2v) is 6.03. The Kier molecular flexibility index (Phi) is 6.07. The molecule has 0 saturated heterocycles. The number of carbonyl (C=O) groups excluding carboxylic acids is 2. The molecule has 0 radical (unpaired) electrons. The van der Waals surface area contributed by atoms with Gasteiger partial charge < -0.3 is 15.4 Å². The molecule has 0 bridgehead atoms. The Balaban J connectivity index is 1.61. The van der Waals surface area contributed by atoms with E-state index in [-0.39, 0.29) is 12.5 Å². The molecule has 0 fully saturated rings. The maximum absolute atomic E-state index is 12.2. The summed E-state index contributed by atoms with van der Waals surface area (Å²) in [5.41, 5.74) is 0.832. The lowest BCUT2D eigenvalue weighted by molar-refractivity contribution is -0.115. The summed E-state index contributed by atoms with van der Waals surface area (Å²) in [5.74, 6) is 0.379. The van der Waals surface area contributed by atoms with Crippen LogP contribution in [0.1, 0.15) is 10.4 Å². The van der Waals surface area contributed by atoms with Gasteiger partial charge in [-0.1, -0.05) is 54.1 Å². The van der Waals surface area contributed by atoms with Gasteiger partial charge in [0.25, 0.3) is 5.91 Å². The summed E-state index contributed by atoms with van der Waals surface area (Å²) in [6.07, 6.45) is 0. The van der Waals surface area contributed by atoms with Crippen LogP contribution in [-0.4, -0.2) is 18.4 Å². The maximum Gasteiger partial charge on any atom is 0.253 e. The monoisotopic (exact) mass is 380 g/mol. The Labute approximate surface area is 161 Å². The highest BCUT2D eigenvalue weighted by atomic mass is 35.5. The number of anilines is 1. The second-order valence-electron chi connectivity index (χ2n) is 5.62. The number of hydrogen-bond donors (Lipinski definition) is 2. The fourth-order valence-electron chi connectivity index (χ4n) is 2.37. The van der Waals surface area contributed by atoms with Crippen LogP contribution >= 0.6 is 11.6 Å². The van der Waals surface area contributed by atoms with Gasteiger partial charge in [0.1, 0.15) is 5.75 Å². The smallest absolute Gasteiger partial charge is 0.253 e. The molecule has 0 spiro atoms. The predicted molar refractivity (Wildman–Crippen MR) is 105 cm³/mol. The summed E-state index contributed by atoms with van der Waals surface area (Å²) in [4.78, 5) is 24.4. The van der Waals surface area contributed by atoms with Gasteiger partial charge in [0, 0.05) is 0 Å². The van der Waals surface area contributed by atoms with Crippen LogP contribution in [0.3, 0.4) is 0 Å². The minimum Gasteiger partial charge on any atom is -0.455 e. The van der Waals surface area contributed by atoms with E-state index < -0.39 is 5.91 Å². The standard InChI is InChI=1S/C21H17ClN2O3/c22-17-11-5-4-10-16(17)21(26)23-14-20(25)24-18-12-6-7-13-19(18)27-15-8-2-1-3-9-15/h1-13H,14H2,(H,23,26)(H,24,25). The van der Waals surface area contributed by atoms with Gasteiger partial charge in [-0.05, 0) is 36.4 Å². The van der Waals surface area contributed by atoms with Crippen LogP contribution in [0.25, 0.3) is 0 Å². The van der Waals surface area contributed by atoms with Gasteiger partial charge in [0.15, 0.2) is 5.75 Å². The highest BCUT2D eigenvalue weighted by Crippen LogP contribution is 2.28. The summed E-state index contributed by atoms with van der Waals surface area (Å²) in [5, 5.41) is 5.62. The molecule has 5 nitrogen and oxygen atoms in total. The van der Waals surface area contributed by atoms with Crippen molar-refractivity contribution in [1.82, 2.24) is 5.32 Å². The molecule has 136 valence electrons. The molecule has 6 heteroatoms. The fraction of sp³-hybridized carbons (Fsp3) is 0.0476. The molecular weight excluding hydrogens is 364 g/mol. The highest BCUT2D eigenvalue weighted by Gasteiger charge is 2.12. The number of para-hydroxylation sites is 3. The van der Waals surface area contributed by atoms with Gasteiger partial charge >= 0.3 is 0 Å². The lowest BCUT2D eigenvalue weighted by Crippen LogP contribution is -2.33. The molecule has 27 heavy (non-hydrogen) atoms. The van der Waals surface area contributed by atoms with E-state index in [1.165, 1.54) is 0 Å². The van der Waals surface area contributed by atoms with Gasteiger partial charge in [0.05, 0.1) is 22.8 Å². The van der Waals surface area contributed by atoms with Gasteiger partial charge in [0.2, 0.25) is 5.91 Å². The Hall–Kier alpha value is -3.31. The Morgan fingerprint density at radius 2 is 1.52 bits per heavy atom. The van der Waals surface area contributed by atoms with Crippen molar-refractivity contribution >= 4 is 29.1 Å². The average molecular weight is 381 g/mol. The van der Waals surface area contributed by atoms with Gasteiger partial charge in [-0.25, -0.2) is 0 Å². The Bertz CT molecular complexity index is 945. The molecule has 0 aliphatic rings. The number of nitrogens with one attached hydrogen (secondary N) is 2. The van der Waals surface area contributed by atoms with Crippen molar-refractivity contribution in [3.8, 4) is 11.5 Å². The quantitative estimate of drug-likeness (QED) is 0.661. The van der Waals surface area contributed by atoms with E-state index in [0.29, 0.717) is 27.8 Å². The molecule has 2 amide bonds. The maximum atomic E-state index is 12.2. The van der Waals surface area contributed by atoms with Crippen LogP contribution in [-0.2, 0) is 4.79 Å². The molecular formula is C21H17ClN2O3. The highest BCUT2D eigenvalue weighted by molar-refractivity contribution is 6.33. The largest absolute Gasteiger partial charge is 0.455 e. The molecule has 0 aromatic heterocycles. The van der Waals surface area contributed by atoms with E-state index >= 15 is 0 Å². The lowest BCUT2D eigenvalue weighted by atomic mass is 10.2. The zero-order valence-electron chi connectivity index (χ0n) is 14.3. The van der Waals surface area contributed by atoms with E-state index in [9.17, 15) is 9.59 Å². The van der Waals surface area contributed by atoms with Gasteiger partial charge in [-0.15, -0.1) is 0 Å². The molecule has 2 N–H and O–H groups in total. The third kappa shape index (κ3) is 5.09. The number of hydrogen-bond acceptors (Lipinski definition) is 3. The average Bonchev–Trinajstić information content (AvgIpc) is 2.69. The van der Waals surface area contributed by atoms with E-state index in [0.717, 1.165) is 0 Å². The topological polar surface area (TPSA) is 67.4 Å². The first-order valence-electron chi connectivity index (χ1n) is 8.28. The number of carbonyl (C=O) groups is 2. The first kappa shape index (κ1) is 18.5. The molecule has 3 rings (SSSR count). The van der Waals surface area contributed by atoms with Crippen molar-refractivity contribution in [2.24, 2.45) is 0 Å². The molecule has 3 aromatic carbocycles. The van der Waals surface area contributed by atoms with Gasteiger partial charge in [-0.2, -0.15) is 0 Å². The number of amides is 2. The third-order valence-electron chi connectivity index (χ3n) is 3.66. The van der Waals surface area contributed by atoms with Crippen LogP contribution in [0.4, 0.5) is 5.69 Å². The van der Waals surface area contributed by atoms with E-state index in [4.69, 9.17) is 16.3 Å². The summed E-state index contributed by atoms with van der Waals surface area (Å²) >= 11 is 5.98. The summed E-state index contributed by atoms with van der Waals surface area (Å²) in [6.45, 7) is -0.191. The van der Waals surface area contributed by atoms with Crippen molar-refractivity contribution in [2.75, 3.05) is 11.9 Å². The molecule has 0 aliphatic heterocycles. The van der Waals surface area contributed by atoms with E-state index in [1.54, 1.807) is 42.5 Å². The Morgan fingerprint density at radius 1 is 0.852 bits per heavy atom. The predicted octanol–water partition coefficient (Wildman–Crippen LogP) is 4.50.